The highest BCUT2D eigenvalue weighted by molar-refractivity contribution is 6.04. The van der Waals surface area contributed by atoms with Crippen LogP contribution in [0.3, 0.4) is 0 Å². The van der Waals surface area contributed by atoms with Gasteiger partial charge in [-0.05, 0) is 56.8 Å². The Morgan fingerprint density at radius 3 is 2.78 bits per heavy atom. The molecule has 98 valence electrons. The van der Waals surface area contributed by atoms with E-state index in [0.717, 1.165) is 38.0 Å². The molecular formula is C15H22N2O. The molecule has 0 saturated heterocycles. The first-order chi connectivity index (χ1) is 8.69. The minimum absolute atomic E-state index is 0.00871. The van der Waals surface area contributed by atoms with E-state index < -0.39 is 0 Å². The molecule has 0 aliphatic carbocycles. The zero-order valence-electron chi connectivity index (χ0n) is 11.3. The van der Waals surface area contributed by atoms with Gasteiger partial charge in [0.25, 0.3) is 0 Å². The summed E-state index contributed by atoms with van der Waals surface area (Å²) in [7, 11) is 0. The third-order valence-electron chi connectivity index (χ3n) is 3.72. The molecule has 0 spiro atoms. The van der Waals surface area contributed by atoms with E-state index in [-0.39, 0.29) is 11.8 Å². The Hall–Kier alpha value is -1.35. The van der Waals surface area contributed by atoms with Gasteiger partial charge in [0.15, 0.2) is 0 Å². The Morgan fingerprint density at radius 1 is 1.33 bits per heavy atom. The maximum Gasteiger partial charge on any atom is 0.234 e. The Kier molecular flexibility index (Phi) is 4.02. The van der Waals surface area contributed by atoms with E-state index in [9.17, 15) is 4.79 Å². The normalized spacial score (nSPS) is 18.3. The van der Waals surface area contributed by atoms with Gasteiger partial charge in [0.2, 0.25) is 5.91 Å². The van der Waals surface area contributed by atoms with Crippen LogP contribution in [0.15, 0.2) is 18.2 Å². The lowest BCUT2D eigenvalue weighted by atomic mass is 9.98. The fraction of sp³-hybridized carbons (Fsp3) is 0.533. The largest absolute Gasteiger partial charge is 0.330 e. The van der Waals surface area contributed by atoms with Gasteiger partial charge < -0.3 is 10.6 Å². The number of benzene rings is 1. The van der Waals surface area contributed by atoms with E-state index in [1.165, 1.54) is 11.1 Å². The Morgan fingerprint density at radius 2 is 2.11 bits per heavy atom. The molecule has 1 aliphatic rings. The third kappa shape index (κ3) is 2.27. The molecule has 1 aromatic rings. The van der Waals surface area contributed by atoms with Gasteiger partial charge in [-0.1, -0.05) is 12.1 Å². The van der Waals surface area contributed by atoms with E-state index in [1.54, 1.807) is 0 Å². The lowest BCUT2D eigenvalue weighted by molar-refractivity contribution is -0.118. The zero-order valence-corrected chi connectivity index (χ0v) is 11.3. The number of hydrogen-bond donors (Lipinski definition) is 1. The highest BCUT2D eigenvalue weighted by atomic mass is 16.2. The summed E-state index contributed by atoms with van der Waals surface area (Å²) < 4.78 is 0. The zero-order chi connectivity index (χ0) is 13.1. The van der Waals surface area contributed by atoms with Gasteiger partial charge in [0.05, 0.1) is 5.92 Å². The van der Waals surface area contributed by atoms with E-state index in [1.807, 2.05) is 18.7 Å². The maximum atomic E-state index is 12.1. The van der Waals surface area contributed by atoms with Crippen molar-refractivity contribution in [3.63, 3.8) is 0 Å². The van der Waals surface area contributed by atoms with Gasteiger partial charge in [0.1, 0.15) is 0 Å². The molecule has 2 rings (SSSR count). The summed E-state index contributed by atoms with van der Waals surface area (Å²) in [5.41, 5.74) is 9.11. The molecule has 2 N–H and O–H groups in total. The molecule has 0 radical (unpaired) electrons. The Bertz CT molecular complexity index is 442. The summed E-state index contributed by atoms with van der Waals surface area (Å²) >= 11 is 0. The van der Waals surface area contributed by atoms with Gasteiger partial charge in [0, 0.05) is 12.2 Å². The number of nitrogens with zero attached hydrogens (tertiary/aromatic N) is 1. The number of carbonyl (C=O) groups is 1. The van der Waals surface area contributed by atoms with E-state index >= 15 is 0 Å². The smallest absolute Gasteiger partial charge is 0.234 e. The molecule has 1 unspecified atom stereocenters. The van der Waals surface area contributed by atoms with Crippen molar-refractivity contribution in [1.82, 2.24) is 0 Å². The van der Waals surface area contributed by atoms with E-state index in [0.29, 0.717) is 0 Å². The lowest BCUT2D eigenvalue weighted by Crippen LogP contribution is -2.27. The van der Waals surface area contributed by atoms with E-state index in [2.05, 4.69) is 18.2 Å². The number of amides is 1. The summed E-state index contributed by atoms with van der Waals surface area (Å²) in [5.74, 6) is 0.237. The van der Waals surface area contributed by atoms with Gasteiger partial charge >= 0.3 is 0 Å². The minimum atomic E-state index is 0.00871. The maximum absolute atomic E-state index is 12.1. The van der Waals surface area contributed by atoms with Crippen LogP contribution in [0.4, 0.5) is 5.69 Å². The van der Waals surface area contributed by atoms with Crippen LogP contribution >= 0.6 is 0 Å². The van der Waals surface area contributed by atoms with Crippen molar-refractivity contribution in [3.05, 3.63) is 29.3 Å². The first kappa shape index (κ1) is 13.1. The second-order valence-electron chi connectivity index (χ2n) is 4.94. The quantitative estimate of drug-likeness (QED) is 0.811. The van der Waals surface area contributed by atoms with Crippen molar-refractivity contribution < 1.29 is 4.79 Å². The fourth-order valence-electron chi connectivity index (χ4n) is 2.64. The molecule has 1 heterocycles. The molecule has 1 amide bonds. The van der Waals surface area contributed by atoms with Crippen LogP contribution in [0.2, 0.25) is 0 Å². The molecular weight excluding hydrogens is 224 g/mol. The van der Waals surface area contributed by atoms with Gasteiger partial charge in [-0.2, -0.15) is 0 Å². The summed E-state index contributed by atoms with van der Waals surface area (Å²) in [6.45, 7) is 5.53. The summed E-state index contributed by atoms with van der Waals surface area (Å²) in [6.07, 6.45) is 3.24. The number of nitrogens with two attached hydrogens (primary N) is 1. The van der Waals surface area contributed by atoms with Crippen molar-refractivity contribution in [2.45, 2.75) is 39.0 Å². The van der Waals surface area contributed by atoms with Crippen molar-refractivity contribution in [2.75, 3.05) is 18.0 Å². The molecule has 0 saturated carbocycles. The molecule has 3 nitrogen and oxygen atoms in total. The second kappa shape index (κ2) is 5.53. The first-order valence-corrected chi connectivity index (χ1v) is 6.83. The molecule has 1 atom stereocenters. The van der Waals surface area contributed by atoms with Crippen molar-refractivity contribution >= 4 is 11.6 Å². The van der Waals surface area contributed by atoms with Crippen LogP contribution in [0, 0.1) is 0 Å². The fourth-order valence-corrected chi connectivity index (χ4v) is 2.64. The van der Waals surface area contributed by atoms with Crippen LogP contribution in [0.25, 0.3) is 0 Å². The molecule has 3 heteroatoms. The Labute approximate surface area is 109 Å². The average molecular weight is 246 g/mol. The van der Waals surface area contributed by atoms with Crippen LogP contribution in [0.5, 0.6) is 0 Å². The number of likely N-dealkylation sites (N-methyl/N-ethyl adjacent to an activating group) is 1. The minimum Gasteiger partial charge on any atom is -0.330 e. The van der Waals surface area contributed by atoms with Crippen LogP contribution in [-0.4, -0.2) is 19.0 Å². The molecule has 0 bridgehead atoms. The number of unbranched alkanes of at least 4 members (excludes halogenated alkanes) is 1. The SMILES string of the molecule is CCN1C(=O)C(C)c2cc(CCCCN)ccc21. The second-order valence-corrected chi connectivity index (χ2v) is 4.94. The topological polar surface area (TPSA) is 46.3 Å². The molecule has 0 fully saturated rings. The highest BCUT2D eigenvalue weighted by Gasteiger charge is 2.32. The average Bonchev–Trinajstić information content (AvgIpc) is 2.62. The monoisotopic (exact) mass is 246 g/mol. The predicted molar refractivity (Wildman–Crippen MR) is 74.9 cm³/mol. The van der Waals surface area contributed by atoms with Gasteiger partial charge in [-0.3, -0.25) is 4.79 Å². The van der Waals surface area contributed by atoms with Crippen LogP contribution in [-0.2, 0) is 11.2 Å². The summed E-state index contributed by atoms with van der Waals surface area (Å²) in [4.78, 5) is 14.0. The standard InChI is InChI=1S/C15H22N2O/c1-3-17-14-8-7-12(6-4-5-9-16)10-13(14)11(2)15(17)18/h7-8,10-11H,3-6,9,16H2,1-2H3. The van der Waals surface area contributed by atoms with Crippen LogP contribution < -0.4 is 10.6 Å². The lowest BCUT2D eigenvalue weighted by Gasteiger charge is -2.14. The Balaban J connectivity index is 2.20. The third-order valence-corrected chi connectivity index (χ3v) is 3.72. The van der Waals surface area contributed by atoms with Crippen LogP contribution in [0.1, 0.15) is 43.7 Å². The number of carbonyl (C=O) groups excluding carboxylic acids is 1. The summed E-state index contributed by atoms with van der Waals surface area (Å²) in [5, 5.41) is 0. The van der Waals surface area contributed by atoms with Crippen molar-refractivity contribution in [3.8, 4) is 0 Å². The number of fused-ring (bicyclic) bond motifs is 1. The molecule has 1 aromatic carbocycles. The number of anilines is 1. The van der Waals surface area contributed by atoms with Crippen molar-refractivity contribution in [2.24, 2.45) is 5.73 Å². The van der Waals surface area contributed by atoms with Gasteiger partial charge in [-0.25, -0.2) is 0 Å². The van der Waals surface area contributed by atoms with Crippen molar-refractivity contribution in [1.29, 1.82) is 0 Å². The van der Waals surface area contributed by atoms with Gasteiger partial charge in [-0.15, -0.1) is 0 Å². The number of aryl methyl sites for hydroxylation is 1. The summed E-state index contributed by atoms with van der Waals surface area (Å²) in [6, 6.07) is 6.44. The number of hydrogen-bond acceptors (Lipinski definition) is 2. The molecule has 1 aliphatic heterocycles. The van der Waals surface area contributed by atoms with E-state index in [4.69, 9.17) is 5.73 Å². The predicted octanol–water partition coefficient (Wildman–Crippen LogP) is 2.44. The molecule has 0 aromatic heterocycles. The first-order valence-electron chi connectivity index (χ1n) is 6.83. The number of rotatable bonds is 5. The highest BCUT2D eigenvalue weighted by Crippen LogP contribution is 2.37. The molecule has 18 heavy (non-hydrogen) atoms.